The molecule has 1 N–H and O–H groups in total. The molecule has 0 radical (unpaired) electrons. The Morgan fingerprint density at radius 3 is 2.50 bits per heavy atom. The van der Waals surface area contributed by atoms with Crippen molar-refractivity contribution in [1.82, 2.24) is 9.80 Å². The van der Waals surface area contributed by atoms with Crippen LogP contribution in [0.1, 0.15) is 5.56 Å². The van der Waals surface area contributed by atoms with Crippen molar-refractivity contribution in [2.24, 2.45) is 0 Å². The van der Waals surface area contributed by atoms with Crippen LogP contribution in [-0.4, -0.2) is 69.4 Å². The third kappa shape index (κ3) is 4.77. The lowest BCUT2D eigenvalue weighted by Crippen LogP contribution is -2.48. The van der Waals surface area contributed by atoms with E-state index in [0.29, 0.717) is 30.5 Å². The Bertz CT molecular complexity index is 896. The fraction of sp³-hybridized carbons (Fsp3) is 0.409. The van der Waals surface area contributed by atoms with Crippen molar-refractivity contribution >= 4 is 11.6 Å². The molecule has 8 nitrogen and oxygen atoms in total. The van der Waals surface area contributed by atoms with Gasteiger partial charge in [-0.15, -0.1) is 0 Å². The van der Waals surface area contributed by atoms with E-state index in [2.05, 4.69) is 21.2 Å². The molecule has 2 aromatic carbocycles. The highest BCUT2D eigenvalue weighted by atomic mass is 16.7. The lowest BCUT2D eigenvalue weighted by atomic mass is 10.1. The molecule has 2 aliphatic heterocycles. The summed E-state index contributed by atoms with van der Waals surface area (Å²) in [7, 11) is 3.17. The molecule has 30 heavy (non-hydrogen) atoms. The number of carbonyl (C=O) groups is 1. The van der Waals surface area contributed by atoms with Crippen molar-refractivity contribution in [1.29, 1.82) is 0 Å². The van der Waals surface area contributed by atoms with Gasteiger partial charge in [0.15, 0.2) is 11.5 Å². The van der Waals surface area contributed by atoms with Crippen LogP contribution < -0.4 is 24.3 Å². The van der Waals surface area contributed by atoms with Crippen LogP contribution >= 0.6 is 0 Å². The maximum absolute atomic E-state index is 12.5. The summed E-state index contributed by atoms with van der Waals surface area (Å²) in [5.41, 5.74) is 1.85. The number of ether oxygens (including phenoxy) is 4. The number of nitrogens with one attached hydrogen (secondary N) is 1. The van der Waals surface area contributed by atoms with Gasteiger partial charge < -0.3 is 24.3 Å². The highest BCUT2D eigenvalue weighted by Gasteiger charge is 2.21. The van der Waals surface area contributed by atoms with E-state index in [9.17, 15) is 4.79 Å². The number of carbonyl (C=O) groups excluding carboxylic acids is 1. The largest absolute Gasteiger partial charge is 0.497 e. The van der Waals surface area contributed by atoms with Gasteiger partial charge >= 0.3 is 0 Å². The van der Waals surface area contributed by atoms with Gasteiger partial charge in [-0.2, -0.15) is 0 Å². The van der Waals surface area contributed by atoms with Crippen LogP contribution in [0.4, 0.5) is 5.69 Å². The number of hydrogen-bond donors (Lipinski definition) is 1. The van der Waals surface area contributed by atoms with E-state index >= 15 is 0 Å². The molecule has 0 saturated carbocycles. The molecule has 0 aliphatic carbocycles. The number of fused-ring (bicyclic) bond motifs is 1. The summed E-state index contributed by atoms with van der Waals surface area (Å²) in [6.07, 6.45) is 0. The van der Waals surface area contributed by atoms with E-state index in [0.717, 1.165) is 44.2 Å². The highest BCUT2D eigenvalue weighted by molar-refractivity contribution is 5.93. The van der Waals surface area contributed by atoms with E-state index in [1.54, 1.807) is 32.4 Å². The Kier molecular flexibility index (Phi) is 6.25. The van der Waals surface area contributed by atoms with Gasteiger partial charge in [-0.25, -0.2) is 0 Å². The van der Waals surface area contributed by atoms with Crippen molar-refractivity contribution in [3.8, 4) is 23.0 Å². The van der Waals surface area contributed by atoms with Gasteiger partial charge in [-0.05, 0) is 29.8 Å². The van der Waals surface area contributed by atoms with Crippen LogP contribution in [0.5, 0.6) is 23.0 Å². The monoisotopic (exact) mass is 413 g/mol. The van der Waals surface area contributed by atoms with Gasteiger partial charge in [0.05, 0.1) is 26.5 Å². The van der Waals surface area contributed by atoms with Crippen molar-refractivity contribution < 1.29 is 23.7 Å². The van der Waals surface area contributed by atoms with Crippen LogP contribution in [0, 0.1) is 0 Å². The molecule has 0 atom stereocenters. The number of methoxy groups -OCH3 is 2. The zero-order valence-corrected chi connectivity index (χ0v) is 17.3. The Morgan fingerprint density at radius 2 is 1.73 bits per heavy atom. The average Bonchev–Trinajstić information content (AvgIpc) is 3.23. The summed E-state index contributed by atoms with van der Waals surface area (Å²) in [5.74, 6) is 2.84. The van der Waals surface area contributed by atoms with Gasteiger partial charge in [0, 0.05) is 38.8 Å². The molecular formula is C22H27N3O5. The lowest BCUT2D eigenvalue weighted by Gasteiger charge is -2.34. The predicted molar refractivity (Wildman–Crippen MR) is 112 cm³/mol. The minimum atomic E-state index is -0.0531. The summed E-state index contributed by atoms with van der Waals surface area (Å²) < 4.78 is 21.4. The average molecular weight is 413 g/mol. The normalized spacial score (nSPS) is 16.3. The zero-order valence-electron chi connectivity index (χ0n) is 17.3. The van der Waals surface area contributed by atoms with Gasteiger partial charge in [0.25, 0.3) is 0 Å². The zero-order chi connectivity index (χ0) is 20.9. The molecule has 1 fully saturated rings. The standard InChI is InChI=1S/C22H27N3O5/c1-27-17-4-5-18(20(12-17)28-2)23-22(26)14-25-9-7-24(8-10-25)13-16-3-6-19-21(11-16)30-15-29-19/h3-6,11-12H,7-10,13-15H2,1-2H3,(H,23,26). The van der Waals surface area contributed by atoms with Crippen LogP contribution in [0.15, 0.2) is 36.4 Å². The molecule has 0 unspecified atom stereocenters. The molecule has 2 aromatic rings. The molecule has 1 amide bonds. The first-order valence-corrected chi connectivity index (χ1v) is 10.00. The predicted octanol–water partition coefficient (Wildman–Crippen LogP) is 2.19. The number of benzene rings is 2. The third-order valence-electron chi connectivity index (χ3n) is 5.36. The molecule has 4 rings (SSSR count). The molecule has 0 aromatic heterocycles. The maximum Gasteiger partial charge on any atom is 0.238 e. The Hall–Kier alpha value is -2.97. The topological polar surface area (TPSA) is 72.5 Å². The Balaban J connectivity index is 1.25. The van der Waals surface area contributed by atoms with Crippen molar-refractivity contribution in [3.05, 3.63) is 42.0 Å². The first-order chi connectivity index (χ1) is 14.6. The molecule has 2 heterocycles. The smallest absolute Gasteiger partial charge is 0.238 e. The van der Waals surface area contributed by atoms with E-state index in [1.807, 2.05) is 12.1 Å². The maximum atomic E-state index is 12.5. The Morgan fingerprint density at radius 1 is 0.967 bits per heavy atom. The van der Waals surface area contributed by atoms with Crippen molar-refractivity contribution in [2.45, 2.75) is 6.54 Å². The van der Waals surface area contributed by atoms with Gasteiger partial charge in [0.2, 0.25) is 12.7 Å². The van der Waals surface area contributed by atoms with Gasteiger partial charge in [-0.3, -0.25) is 14.6 Å². The molecule has 0 bridgehead atoms. The first-order valence-electron chi connectivity index (χ1n) is 10.00. The number of rotatable bonds is 7. The number of hydrogen-bond acceptors (Lipinski definition) is 7. The fourth-order valence-corrected chi connectivity index (χ4v) is 3.70. The summed E-state index contributed by atoms with van der Waals surface area (Å²) in [5, 5.41) is 2.93. The highest BCUT2D eigenvalue weighted by Crippen LogP contribution is 2.33. The molecular weight excluding hydrogens is 386 g/mol. The number of amides is 1. The van der Waals surface area contributed by atoms with Gasteiger partial charge in [0.1, 0.15) is 11.5 Å². The Labute approximate surface area is 176 Å². The lowest BCUT2D eigenvalue weighted by molar-refractivity contribution is -0.117. The SMILES string of the molecule is COc1ccc(NC(=O)CN2CCN(Cc3ccc4c(c3)OCO4)CC2)c(OC)c1. The second-order valence-electron chi connectivity index (χ2n) is 7.35. The molecule has 160 valence electrons. The summed E-state index contributed by atoms with van der Waals surface area (Å²) in [6, 6.07) is 11.4. The summed E-state index contributed by atoms with van der Waals surface area (Å²) in [6.45, 7) is 5.02. The van der Waals surface area contributed by atoms with E-state index in [4.69, 9.17) is 18.9 Å². The van der Waals surface area contributed by atoms with Crippen LogP contribution in [0.3, 0.4) is 0 Å². The minimum absolute atomic E-state index is 0.0531. The van der Waals surface area contributed by atoms with Crippen LogP contribution in [0.2, 0.25) is 0 Å². The first kappa shape index (κ1) is 20.3. The second kappa shape index (κ2) is 9.23. The fourth-order valence-electron chi connectivity index (χ4n) is 3.70. The van der Waals surface area contributed by atoms with E-state index < -0.39 is 0 Å². The molecule has 2 aliphatic rings. The molecule has 8 heteroatoms. The molecule has 1 saturated heterocycles. The van der Waals surface area contributed by atoms with E-state index in [-0.39, 0.29) is 5.91 Å². The number of piperazine rings is 1. The van der Waals surface area contributed by atoms with Crippen molar-refractivity contribution in [2.75, 3.05) is 59.1 Å². The second-order valence-corrected chi connectivity index (χ2v) is 7.35. The number of anilines is 1. The quantitative estimate of drug-likeness (QED) is 0.746. The van der Waals surface area contributed by atoms with Crippen molar-refractivity contribution in [3.63, 3.8) is 0 Å². The third-order valence-corrected chi connectivity index (χ3v) is 5.36. The molecule has 0 spiro atoms. The van der Waals surface area contributed by atoms with Crippen LogP contribution in [-0.2, 0) is 11.3 Å². The number of nitrogens with zero attached hydrogens (tertiary/aromatic N) is 2. The minimum Gasteiger partial charge on any atom is -0.497 e. The summed E-state index contributed by atoms with van der Waals surface area (Å²) in [4.78, 5) is 17.1. The summed E-state index contributed by atoms with van der Waals surface area (Å²) >= 11 is 0. The van der Waals surface area contributed by atoms with Gasteiger partial charge in [-0.1, -0.05) is 6.07 Å². The van der Waals surface area contributed by atoms with Crippen LogP contribution in [0.25, 0.3) is 0 Å². The van der Waals surface area contributed by atoms with E-state index in [1.165, 1.54) is 5.56 Å².